The number of carbonyl (C=O) groups excluding carboxylic acids is 1. The van der Waals surface area contributed by atoms with Crippen LogP contribution in [0.3, 0.4) is 0 Å². The normalized spacial score (nSPS) is 12.6. The summed E-state index contributed by atoms with van der Waals surface area (Å²) in [5, 5.41) is 11.4. The van der Waals surface area contributed by atoms with E-state index in [9.17, 15) is 9.59 Å². The predicted molar refractivity (Wildman–Crippen MR) is 73.8 cm³/mol. The van der Waals surface area contributed by atoms with E-state index >= 15 is 0 Å². The molecule has 6 heteroatoms. The number of rotatable bonds is 6. The van der Waals surface area contributed by atoms with Gasteiger partial charge < -0.3 is 15.2 Å². The van der Waals surface area contributed by atoms with Gasteiger partial charge in [-0.1, -0.05) is 6.92 Å². The zero-order valence-electron chi connectivity index (χ0n) is 12.1. The van der Waals surface area contributed by atoms with Crippen molar-refractivity contribution >= 4 is 11.9 Å². The largest absolute Gasteiger partial charge is 0.480 e. The molecular formula is C14H20N2O4. The van der Waals surface area contributed by atoms with E-state index in [1.807, 2.05) is 13.8 Å². The van der Waals surface area contributed by atoms with Crippen LogP contribution in [-0.2, 0) is 4.79 Å². The van der Waals surface area contributed by atoms with Crippen LogP contribution in [0.2, 0.25) is 0 Å². The van der Waals surface area contributed by atoms with Gasteiger partial charge in [-0.25, -0.2) is 9.78 Å². The third-order valence-electron chi connectivity index (χ3n) is 2.85. The molecule has 0 aliphatic heterocycles. The van der Waals surface area contributed by atoms with Gasteiger partial charge in [-0.2, -0.15) is 0 Å². The molecule has 0 aliphatic rings. The number of hydrogen-bond acceptors (Lipinski definition) is 4. The fraction of sp³-hybridized carbons (Fsp3) is 0.500. The van der Waals surface area contributed by atoms with Crippen LogP contribution in [0.1, 0.15) is 44.5 Å². The first-order valence-corrected chi connectivity index (χ1v) is 6.45. The molecule has 1 heterocycles. The fourth-order valence-electron chi connectivity index (χ4n) is 1.31. The number of amides is 1. The summed E-state index contributed by atoms with van der Waals surface area (Å²) in [6.45, 7) is 6.73. The summed E-state index contributed by atoms with van der Waals surface area (Å²) in [5.74, 6) is -1.23. The maximum absolute atomic E-state index is 12.0. The Kier molecular flexibility index (Phi) is 5.07. The predicted octanol–water partition coefficient (Wildman–Crippen LogP) is 1.85. The maximum Gasteiger partial charge on any atom is 0.328 e. The van der Waals surface area contributed by atoms with Crippen molar-refractivity contribution in [2.45, 2.75) is 45.8 Å². The second kappa shape index (κ2) is 6.36. The summed E-state index contributed by atoms with van der Waals surface area (Å²) >= 11 is 0. The molecule has 1 aromatic rings. The molecule has 1 amide bonds. The van der Waals surface area contributed by atoms with Crippen LogP contribution in [0.25, 0.3) is 0 Å². The van der Waals surface area contributed by atoms with Gasteiger partial charge in [0.15, 0.2) is 0 Å². The van der Waals surface area contributed by atoms with Gasteiger partial charge in [0.2, 0.25) is 5.88 Å². The number of aliphatic carboxylic acids is 1. The van der Waals surface area contributed by atoms with Crippen molar-refractivity contribution in [3.05, 3.63) is 23.9 Å². The SMILES string of the molecule is CCC(C)Oc1cc(C(=O)NC(C)(C)C(=O)O)ccn1. The molecule has 1 unspecified atom stereocenters. The van der Waals surface area contributed by atoms with Crippen LogP contribution in [0.4, 0.5) is 0 Å². The minimum absolute atomic E-state index is 0.00345. The van der Waals surface area contributed by atoms with Crippen LogP contribution in [0, 0.1) is 0 Å². The smallest absolute Gasteiger partial charge is 0.328 e. The Hall–Kier alpha value is -2.11. The molecule has 20 heavy (non-hydrogen) atoms. The van der Waals surface area contributed by atoms with E-state index in [1.54, 1.807) is 0 Å². The van der Waals surface area contributed by atoms with Gasteiger partial charge in [0.1, 0.15) is 5.54 Å². The van der Waals surface area contributed by atoms with Crippen molar-refractivity contribution in [1.82, 2.24) is 10.3 Å². The highest BCUT2D eigenvalue weighted by molar-refractivity contribution is 5.97. The molecule has 0 saturated heterocycles. The van der Waals surface area contributed by atoms with Crippen molar-refractivity contribution in [3.63, 3.8) is 0 Å². The Morgan fingerprint density at radius 2 is 2.15 bits per heavy atom. The van der Waals surface area contributed by atoms with Crippen LogP contribution < -0.4 is 10.1 Å². The number of pyridine rings is 1. The Labute approximate surface area is 118 Å². The number of carboxylic acids is 1. The van der Waals surface area contributed by atoms with Crippen molar-refractivity contribution in [1.29, 1.82) is 0 Å². The molecule has 0 bridgehead atoms. The van der Waals surface area contributed by atoms with Crippen LogP contribution in [0.5, 0.6) is 5.88 Å². The molecule has 0 saturated carbocycles. The lowest BCUT2D eigenvalue weighted by atomic mass is 10.1. The minimum atomic E-state index is -1.34. The molecule has 0 spiro atoms. The summed E-state index contributed by atoms with van der Waals surface area (Å²) in [4.78, 5) is 27.0. The topological polar surface area (TPSA) is 88.5 Å². The fourth-order valence-corrected chi connectivity index (χ4v) is 1.31. The standard InChI is InChI=1S/C14H20N2O4/c1-5-9(2)20-11-8-10(6-7-15-11)12(17)16-14(3,4)13(18)19/h6-9H,5H2,1-4H3,(H,16,17)(H,18,19). The lowest BCUT2D eigenvalue weighted by Crippen LogP contribution is -2.49. The van der Waals surface area contributed by atoms with Gasteiger partial charge in [0.25, 0.3) is 5.91 Å². The van der Waals surface area contributed by atoms with E-state index in [1.165, 1.54) is 32.2 Å². The second-order valence-electron chi connectivity index (χ2n) is 5.10. The highest BCUT2D eigenvalue weighted by Gasteiger charge is 2.29. The number of carboxylic acid groups (broad SMARTS) is 1. The quantitative estimate of drug-likeness (QED) is 0.830. The molecule has 0 radical (unpaired) electrons. The second-order valence-corrected chi connectivity index (χ2v) is 5.10. The van der Waals surface area contributed by atoms with Crippen molar-refractivity contribution < 1.29 is 19.4 Å². The third-order valence-corrected chi connectivity index (χ3v) is 2.85. The molecule has 0 fully saturated rings. The molecule has 0 aromatic carbocycles. The highest BCUT2D eigenvalue weighted by Crippen LogP contribution is 2.13. The minimum Gasteiger partial charge on any atom is -0.480 e. The van der Waals surface area contributed by atoms with Gasteiger partial charge in [0.05, 0.1) is 6.10 Å². The van der Waals surface area contributed by atoms with Crippen LogP contribution in [0.15, 0.2) is 18.3 Å². The number of nitrogens with zero attached hydrogens (tertiary/aromatic N) is 1. The van der Waals surface area contributed by atoms with E-state index in [2.05, 4.69) is 10.3 Å². The van der Waals surface area contributed by atoms with Gasteiger partial charge in [-0.05, 0) is 33.3 Å². The van der Waals surface area contributed by atoms with E-state index in [0.29, 0.717) is 11.4 Å². The Balaban J connectivity index is 2.84. The average Bonchev–Trinajstić information content (AvgIpc) is 2.38. The molecular weight excluding hydrogens is 260 g/mol. The molecule has 1 atom stereocenters. The lowest BCUT2D eigenvalue weighted by molar-refractivity contribution is -0.143. The number of aromatic nitrogens is 1. The van der Waals surface area contributed by atoms with Crippen molar-refractivity contribution in [3.8, 4) is 5.88 Å². The van der Waals surface area contributed by atoms with Gasteiger partial charge >= 0.3 is 5.97 Å². The van der Waals surface area contributed by atoms with E-state index in [4.69, 9.17) is 9.84 Å². The summed E-state index contributed by atoms with van der Waals surface area (Å²) in [6, 6.07) is 3.01. The highest BCUT2D eigenvalue weighted by atomic mass is 16.5. The zero-order chi connectivity index (χ0) is 15.3. The molecule has 1 rings (SSSR count). The first-order valence-electron chi connectivity index (χ1n) is 6.45. The van der Waals surface area contributed by atoms with Crippen LogP contribution >= 0.6 is 0 Å². The monoisotopic (exact) mass is 280 g/mol. The molecule has 6 nitrogen and oxygen atoms in total. The third kappa shape index (κ3) is 4.22. The Bertz CT molecular complexity index is 500. The number of carbonyl (C=O) groups is 2. The van der Waals surface area contributed by atoms with Gasteiger partial charge in [0, 0.05) is 17.8 Å². The van der Waals surface area contributed by atoms with E-state index in [0.717, 1.165) is 6.42 Å². The van der Waals surface area contributed by atoms with Crippen molar-refractivity contribution in [2.24, 2.45) is 0 Å². The van der Waals surface area contributed by atoms with Crippen molar-refractivity contribution in [2.75, 3.05) is 0 Å². The first-order chi connectivity index (χ1) is 9.26. The lowest BCUT2D eigenvalue weighted by Gasteiger charge is -2.21. The molecule has 2 N–H and O–H groups in total. The summed E-state index contributed by atoms with van der Waals surface area (Å²) in [7, 11) is 0. The van der Waals surface area contributed by atoms with E-state index in [-0.39, 0.29) is 6.10 Å². The number of hydrogen-bond donors (Lipinski definition) is 2. The van der Waals surface area contributed by atoms with Gasteiger partial charge in [-0.15, -0.1) is 0 Å². The summed E-state index contributed by atoms with van der Waals surface area (Å²) in [5.41, 5.74) is -1.02. The van der Waals surface area contributed by atoms with Gasteiger partial charge in [-0.3, -0.25) is 4.79 Å². The number of ether oxygens (including phenoxy) is 1. The van der Waals surface area contributed by atoms with Crippen LogP contribution in [-0.4, -0.2) is 33.6 Å². The van der Waals surface area contributed by atoms with E-state index < -0.39 is 17.4 Å². The average molecular weight is 280 g/mol. The first kappa shape index (κ1) is 15.9. The number of nitrogens with one attached hydrogen (secondary N) is 1. The Morgan fingerprint density at radius 1 is 1.50 bits per heavy atom. The maximum atomic E-state index is 12.0. The summed E-state index contributed by atoms with van der Waals surface area (Å²) < 4.78 is 5.52. The summed E-state index contributed by atoms with van der Waals surface area (Å²) in [6.07, 6.45) is 2.28. The zero-order valence-corrected chi connectivity index (χ0v) is 12.1. The molecule has 110 valence electrons. The molecule has 0 aliphatic carbocycles. The Morgan fingerprint density at radius 3 is 2.70 bits per heavy atom. The molecule has 1 aromatic heterocycles.